The fourth-order valence-electron chi connectivity index (χ4n) is 2.73. The van der Waals surface area contributed by atoms with Gasteiger partial charge in [-0.25, -0.2) is 0 Å². The Labute approximate surface area is 142 Å². The van der Waals surface area contributed by atoms with Crippen LogP contribution in [-0.2, 0) is 4.79 Å². The monoisotopic (exact) mass is 319 g/mol. The number of aromatic nitrogens is 1. The van der Waals surface area contributed by atoms with Crippen LogP contribution in [0.2, 0.25) is 0 Å². The maximum absolute atomic E-state index is 12.3. The van der Waals surface area contributed by atoms with Gasteiger partial charge in [0.2, 0.25) is 0 Å². The number of esters is 1. The van der Waals surface area contributed by atoms with Gasteiger partial charge in [-0.1, -0.05) is 74.4 Å². The van der Waals surface area contributed by atoms with E-state index in [1.54, 1.807) is 0 Å². The number of fused-ring (bicyclic) bond motifs is 1. The lowest BCUT2D eigenvalue weighted by atomic mass is 10.1. The van der Waals surface area contributed by atoms with Crippen LogP contribution in [0.3, 0.4) is 0 Å². The van der Waals surface area contributed by atoms with Gasteiger partial charge in [0.15, 0.2) is 5.75 Å². The number of unbranched alkanes of at least 4 members (excludes halogenated alkanes) is 2. The summed E-state index contributed by atoms with van der Waals surface area (Å²) in [5.41, 5.74) is 1.65. The summed E-state index contributed by atoms with van der Waals surface area (Å²) >= 11 is 0. The highest BCUT2D eigenvalue weighted by atomic mass is 16.5. The molecule has 0 atom stereocenters. The van der Waals surface area contributed by atoms with Crippen molar-refractivity contribution in [1.29, 1.82) is 0 Å². The summed E-state index contributed by atoms with van der Waals surface area (Å²) in [4.78, 5) is 16.8. The zero-order valence-electron chi connectivity index (χ0n) is 13.9. The van der Waals surface area contributed by atoms with Crippen LogP contribution in [0.4, 0.5) is 0 Å². The Morgan fingerprint density at radius 1 is 1.00 bits per heavy atom. The molecule has 3 heteroatoms. The van der Waals surface area contributed by atoms with E-state index in [2.05, 4.69) is 11.9 Å². The lowest BCUT2D eigenvalue weighted by Crippen LogP contribution is -2.09. The molecule has 0 radical (unpaired) electrons. The second-order valence-corrected chi connectivity index (χ2v) is 5.82. The highest BCUT2D eigenvalue weighted by Crippen LogP contribution is 2.35. The molecule has 0 bridgehead atoms. The van der Waals surface area contributed by atoms with E-state index in [-0.39, 0.29) is 5.97 Å². The maximum atomic E-state index is 12.3. The predicted molar refractivity (Wildman–Crippen MR) is 97.0 cm³/mol. The zero-order valence-corrected chi connectivity index (χ0v) is 13.9. The van der Waals surface area contributed by atoms with E-state index in [1.807, 2.05) is 60.8 Å². The highest BCUT2D eigenvalue weighted by molar-refractivity contribution is 5.95. The second-order valence-electron chi connectivity index (χ2n) is 5.82. The highest BCUT2D eigenvalue weighted by Gasteiger charge is 2.15. The first-order chi connectivity index (χ1) is 11.8. The van der Waals surface area contributed by atoms with Gasteiger partial charge in [-0.2, -0.15) is 0 Å². The molecule has 24 heavy (non-hydrogen) atoms. The van der Waals surface area contributed by atoms with Crippen LogP contribution >= 0.6 is 0 Å². The molecule has 0 unspecified atom stereocenters. The molecule has 1 heterocycles. The molecule has 1 aromatic heterocycles. The number of benzene rings is 2. The van der Waals surface area contributed by atoms with E-state index in [0.717, 1.165) is 35.6 Å². The Balaban J connectivity index is 2.00. The van der Waals surface area contributed by atoms with E-state index in [9.17, 15) is 4.79 Å². The maximum Gasteiger partial charge on any atom is 0.311 e. The minimum atomic E-state index is -0.196. The molecule has 0 saturated heterocycles. The lowest BCUT2D eigenvalue weighted by molar-refractivity contribution is -0.134. The smallest absolute Gasteiger partial charge is 0.311 e. The molecule has 0 N–H and O–H groups in total. The van der Waals surface area contributed by atoms with Crippen molar-refractivity contribution in [3.63, 3.8) is 0 Å². The predicted octanol–water partition coefficient (Wildman–Crippen LogP) is 5.39. The third-order valence-corrected chi connectivity index (χ3v) is 4.00. The van der Waals surface area contributed by atoms with Crippen molar-refractivity contribution in [1.82, 2.24) is 4.98 Å². The number of rotatable bonds is 6. The molecule has 0 amide bonds. The van der Waals surface area contributed by atoms with Crippen LogP contribution in [0.15, 0.2) is 60.8 Å². The van der Waals surface area contributed by atoms with Crippen LogP contribution in [0, 0.1) is 0 Å². The van der Waals surface area contributed by atoms with E-state index < -0.39 is 0 Å². The van der Waals surface area contributed by atoms with E-state index in [0.29, 0.717) is 17.9 Å². The van der Waals surface area contributed by atoms with Crippen molar-refractivity contribution in [2.24, 2.45) is 0 Å². The molecule has 3 rings (SSSR count). The molecule has 122 valence electrons. The molecule has 3 nitrogen and oxygen atoms in total. The number of nitrogens with zero attached hydrogens (tertiary/aromatic N) is 1. The molecular formula is C21H21NO2. The van der Waals surface area contributed by atoms with E-state index in [1.165, 1.54) is 0 Å². The van der Waals surface area contributed by atoms with Gasteiger partial charge in [-0.05, 0) is 6.42 Å². The summed E-state index contributed by atoms with van der Waals surface area (Å²) in [5, 5.41) is 1.88. The number of ether oxygens (including phenoxy) is 1. The summed E-state index contributed by atoms with van der Waals surface area (Å²) in [6.07, 6.45) is 5.23. The van der Waals surface area contributed by atoms with Crippen LogP contribution in [-0.4, -0.2) is 11.0 Å². The number of carbonyl (C=O) groups is 1. The van der Waals surface area contributed by atoms with Crippen LogP contribution in [0.25, 0.3) is 22.0 Å². The summed E-state index contributed by atoms with van der Waals surface area (Å²) in [6.45, 7) is 2.12. The number of pyridine rings is 1. The fraction of sp³-hybridized carbons (Fsp3) is 0.238. The van der Waals surface area contributed by atoms with Gasteiger partial charge >= 0.3 is 5.97 Å². The molecule has 0 aliphatic heterocycles. The van der Waals surface area contributed by atoms with Gasteiger partial charge < -0.3 is 4.74 Å². The summed E-state index contributed by atoms with van der Waals surface area (Å²) in [6, 6.07) is 17.7. The molecule has 0 spiro atoms. The van der Waals surface area contributed by atoms with Gasteiger partial charge in [-0.3, -0.25) is 9.78 Å². The van der Waals surface area contributed by atoms with Crippen molar-refractivity contribution in [2.75, 3.05) is 0 Å². The first-order valence-electron chi connectivity index (χ1n) is 8.43. The number of carbonyl (C=O) groups excluding carboxylic acids is 1. The van der Waals surface area contributed by atoms with Gasteiger partial charge in [-0.15, -0.1) is 0 Å². The van der Waals surface area contributed by atoms with Gasteiger partial charge in [0.05, 0.1) is 0 Å². The van der Waals surface area contributed by atoms with Crippen molar-refractivity contribution >= 4 is 16.7 Å². The minimum absolute atomic E-state index is 0.196. The minimum Gasteiger partial charge on any atom is -0.424 e. The second kappa shape index (κ2) is 7.73. The summed E-state index contributed by atoms with van der Waals surface area (Å²) in [7, 11) is 0. The normalized spacial score (nSPS) is 10.7. The fourth-order valence-corrected chi connectivity index (χ4v) is 2.73. The molecular weight excluding hydrogens is 298 g/mol. The standard InChI is InChI=1S/C21H21NO2/c1-2-3-5-14-19(23)24-21-18-13-9-8-12-17(18)15-22-20(21)16-10-6-4-7-11-16/h4,6-13,15H,2-3,5,14H2,1H3. The Morgan fingerprint density at radius 2 is 1.75 bits per heavy atom. The van der Waals surface area contributed by atoms with Crippen molar-refractivity contribution in [3.05, 3.63) is 60.8 Å². The molecule has 0 aliphatic carbocycles. The van der Waals surface area contributed by atoms with Crippen molar-refractivity contribution < 1.29 is 9.53 Å². The Bertz CT molecular complexity index is 828. The zero-order chi connectivity index (χ0) is 16.8. The Kier molecular flexibility index (Phi) is 5.22. The van der Waals surface area contributed by atoms with Crippen molar-refractivity contribution in [3.8, 4) is 17.0 Å². The van der Waals surface area contributed by atoms with E-state index in [4.69, 9.17) is 4.74 Å². The molecule has 3 aromatic rings. The molecule has 2 aromatic carbocycles. The van der Waals surface area contributed by atoms with Crippen LogP contribution in [0.5, 0.6) is 5.75 Å². The topological polar surface area (TPSA) is 39.2 Å². The average Bonchev–Trinajstić information content (AvgIpc) is 2.63. The van der Waals surface area contributed by atoms with Crippen LogP contribution < -0.4 is 4.74 Å². The summed E-state index contributed by atoms with van der Waals surface area (Å²) < 4.78 is 5.76. The first-order valence-corrected chi connectivity index (χ1v) is 8.43. The number of hydrogen-bond acceptors (Lipinski definition) is 3. The average molecular weight is 319 g/mol. The van der Waals surface area contributed by atoms with Gasteiger partial charge in [0.1, 0.15) is 5.69 Å². The van der Waals surface area contributed by atoms with Crippen LogP contribution in [0.1, 0.15) is 32.6 Å². The molecule has 0 aliphatic rings. The van der Waals surface area contributed by atoms with Crippen molar-refractivity contribution in [2.45, 2.75) is 32.6 Å². The third kappa shape index (κ3) is 3.62. The SMILES string of the molecule is CCCCCC(=O)Oc1c(-c2ccccc2)ncc2ccccc12. The molecule has 0 saturated carbocycles. The lowest BCUT2D eigenvalue weighted by Gasteiger charge is -2.12. The number of hydrogen-bond donors (Lipinski definition) is 0. The Hall–Kier alpha value is -2.68. The quantitative estimate of drug-likeness (QED) is 0.452. The van der Waals surface area contributed by atoms with Gasteiger partial charge in [0, 0.05) is 29.0 Å². The Morgan fingerprint density at radius 3 is 2.54 bits per heavy atom. The molecule has 0 fully saturated rings. The van der Waals surface area contributed by atoms with Gasteiger partial charge in [0.25, 0.3) is 0 Å². The van der Waals surface area contributed by atoms with E-state index >= 15 is 0 Å². The first kappa shape index (κ1) is 16.2. The summed E-state index contributed by atoms with van der Waals surface area (Å²) in [5.74, 6) is 0.361. The third-order valence-electron chi connectivity index (χ3n) is 4.00. The largest absolute Gasteiger partial charge is 0.424 e.